The summed E-state index contributed by atoms with van der Waals surface area (Å²) in [6.07, 6.45) is 2.13. The first-order chi connectivity index (χ1) is 12.0. The molecule has 0 bridgehead atoms. The highest BCUT2D eigenvalue weighted by Crippen LogP contribution is 2.24. The fourth-order valence-electron chi connectivity index (χ4n) is 2.80. The first-order valence-corrected chi connectivity index (χ1v) is 8.92. The lowest BCUT2D eigenvalue weighted by molar-refractivity contribution is 0.0420. The molecule has 5 nitrogen and oxygen atoms in total. The van der Waals surface area contributed by atoms with Gasteiger partial charge in [0.25, 0.3) is 0 Å². The van der Waals surface area contributed by atoms with Gasteiger partial charge in [0, 0.05) is 38.8 Å². The highest BCUT2D eigenvalue weighted by Gasteiger charge is 2.24. The van der Waals surface area contributed by atoms with Crippen molar-refractivity contribution >= 4 is 5.96 Å². The number of nitrogens with zero attached hydrogens (tertiary/aromatic N) is 1. The van der Waals surface area contributed by atoms with E-state index in [9.17, 15) is 4.39 Å². The molecule has 1 fully saturated rings. The first kappa shape index (κ1) is 19.7. The number of nitrogens with one attached hydrogen (secondary N) is 2. The lowest BCUT2D eigenvalue weighted by Gasteiger charge is -2.27. The van der Waals surface area contributed by atoms with Crippen molar-refractivity contribution in [2.45, 2.75) is 38.2 Å². The molecule has 0 aromatic heterocycles. The van der Waals surface area contributed by atoms with E-state index in [4.69, 9.17) is 9.47 Å². The maximum absolute atomic E-state index is 14.0. The van der Waals surface area contributed by atoms with Gasteiger partial charge in [0.1, 0.15) is 5.82 Å². The molecule has 1 aromatic rings. The fourth-order valence-corrected chi connectivity index (χ4v) is 2.80. The summed E-state index contributed by atoms with van der Waals surface area (Å²) < 4.78 is 25.0. The summed E-state index contributed by atoms with van der Waals surface area (Å²) in [5.74, 6) is 0.541. The summed E-state index contributed by atoms with van der Waals surface area (Å²) in [6.45, 7) is 7.61. The summed E-state index contributed by atoms with van der Waals surface area (Å²) in [7, 11) is 1.73. The van der Waals surface area contributed by atoms with E-state index in [0.717, 1.165) is 26.0 Å². The Hall–Kier alpha value is -1.66. The van der Waals surface area contributed by atoms with E-state index in [2.05, 4.69) is 15.6 Å². The van der Waals surface area contributed by atoms with Crippen molar-refractivity contribution in [3.63, 3.8) is 0 Å². The van der Waals surface area contributed by atoms with Crippen LogP contribution in [0.15, 0.2) is 29.3 Å². The Morgan fingerprint density at radius 1 is 1.36 bits per heavy atom. The van der Waals surface area contributed by atoms with E-state index in [1.54, 1.807) is 13.1 Å². The highest BCUT2D eigenvalue weighted by atomic mass is 19.1. The van der Waals surface area contributed by atoms with Crippen LogP contribution in [0.2, 0.25) is 0 Å². The molecule has 2 N–H and O–H groups in total. The van der Waals surface area contributed by atoms with Crippen LogP contribution in [0.3, 0.4) is 0 Å². The molecule has 1 saturated heterocycles. The number of benzene rings is 1. The molecule has 6 heteroatoms. The van der Waals surface area contributed by atoms with Crippen LogP contribution in [-0.4, -0.2) is 52.0 Å². The smallest absolute Gasteiger partial charge is 0.191 e. The van der Waals surface area contributed by atoms with Crippen molar-refractivity contribution < 1.29 is 13.9 Å². The van der Waals surface area contributed by atoms with Gasteiger partial charge in [-0.3, -0.25) is 4.99 Å². The lowest BCUT2D eigenvalue weighted by atomic mass is 9.84. The second-order valence-electron chi connectivity index (χ2n) is 6.93. The monoisotopic (exact) mass is 351 g/mol. The van der Waals surface area contributed by atoms with E-state index < -0.39 is 0 Å². The lowest BCUT2D eigenvalue weighted by Crippen LogP contribution is -2.44. The van der Waals surface area contributed by atoms with Crippen molar-refractivity contribution in [3.05, 3.63) is 35.6 Å². The third-order valence-electron chi connectivity index (χ3n) is 4.38. The van der Waals surface area contributed by atoms with Crippen LogP contribution in [0.4, 0.5) is 4.39 Å². The number of hydrogen-bond acceptors (Lipinski definition) is 3. The molecular weight excluding hydrogens is 321 g/mol. The van der Waals surface area contributed by atoms with Crippen LogP contribution in [0.25, 0.3) is 0 Å². The predicted octanol–water partition coefficient (Wildman–Crippen LogP) is 2.46. The van der Waals surface area contributed by atoms with Crippen LogP contribution >= 0.6 is 0 Å². The van der Waals surface area contributed by atoms with Gasteiger partial charge < -0.3 is 20.1 Å². The molecule has 0 saturated carbocycles. The van der Waals surface area contributed by atoms with Crippen molar-refractivity contribution in [2.75, 3.05) is 40.0 Å². The zero-order valence-electron chi connectivity index (χ0n) is 15.5. The molecule has 0 aliphatic carbocycles. The van der Waals surface area contributed by atoms with E-state index in [0.29, 0.717) is 31.3 Å². The second kappa shape index (κ2) is 9.73. The molecule has 0 radical (unpaired) electrons. The van der Waals surface area contributed by atoms with Crippen molar-refractivity contribution in [2.24, 2.45) is 4.99 Å². The molecule has 2 rings (SSSR count). The molecule has 1 atom stereocenters. The molecule has 140 valence electrons. The third-order valence-corrected chi connectivity index (χ3v) is 4.38. The Labute approximate surface area is 150 Å². The minimum atomic E-state index is -0.339. The van der Waals surface area contributed by atoms with Gasteiger partial charge in [-0.1, -0.05) is 32.0 Å². The van der Waals surface area contributed by atoms with Crippen molar-refractivity contribution in [1.82, 2.24) is 10.6 Å². The molecule has 1 heterocycles. The average molecular weight is 351 g/mol. The summed E-state index contributed by atoms with van der Waals surface area (Å²) in [5.41, 5.74) is 0.360. The number of hydrogen-bond donors (Lipinski definition) is 2. The fraction of sp³-hybridized carbons (Fsp3) is 0.632. The predicted molar refractivity (Wildman–Crippen MR) is 98.6 cm³/mol. The Morgan fingerprint density at radius 2 is 2.16 bits per heavy atom. The minimum Gasteiger partial charge on any atom is -0.379 e. The Balaban J connectivity index is 1.69. The van der Waals surface area contributed by atoms with E-state index in [1.165, 1.54) is 6.07 Å². The third kappa shape index (κ3) is 6.29. The van der Waals surface area contributed by atoms with Crippen LogP contribution in [-0.2, 0) is 14.9 Å². The summed E-state index contributed by atoms with van der Waals surface area (Å²) in [6, 6.07) is 6.90. The normalized spacial score (nSPS) is 18.4. The first-order valence-electron chi connectivity index (χ1n) is 8.92. The zero-order valence-corrected chi connectivity index (χ0v) is 15.5. The summed E-state index contributed by atoms with van der Waals surface area (Å²) in [4.78, 5) is 4.22. The van der Waals surface area contributed by atoms with Gasteiger partial charge >= 0.3 is 0 Å². The Morgan fingerprint density at radius 3 is 2.84 bits per heavy atom. The van der Waals surface area contributed by atoms with Gasteiger partial charge in [0.05, 0.1) is 12.7 Å². The van der Waals surface area contributed by atoms with Crippen LogP contribution < -0.4 is 10.6 Å². The standard InChI is InChI=1S/C19H30FN3O2/c1-19(2,16-7-4-5-8-17(16)20)14-23-18(21-3)22-10-6-11-25-15-9-12-24-13-15/h4-5,7-8,15H,6,9-14H2,1-3H3,(H2,21,22,23). The van der Waals surface area contributed by atoms with Gasteiger partial charge in [-0.15, -0.1) is 0 Å². The molecule has 1 aliphatic heterocycles. The molecule has 1 unspecified atom stereocenters. The van der Waals surface area contributed by atoms with E-state index >= 15 is 0 Å². The maximum atomic E-state index is 14.0. The van der Waals surface area contributed by atoms with Crippen LogP contribution in [0.1, 0.15) is 32.3 Å². The summed E-state index contributed by atoms with van der Waals surface area (Å²) >= 11 is 0. The minimum absolute atomic E-state index is 0.176. The number of rotatable bonds is 8. The van der Waals surface area contributed by atoms with Gasteiger partial charge in [0.2, 0.25) is 0 Å². The topological polar surface area (TPSA) is 54.9 Å². The van der Waals surface area contributed by atoms with Crippen molar-refractivity contribution in [3.8, 4) is 0 Å². The Bertz CT molecular complexity index is 557. The number of aliphatic imine (C=N–C) groups is 1. The quantitative estimate of drug-likeness (QED) is 0.429. The zero-order chi connectivity index (χ0) is 18.1. The van der Waals surface area contributed by atoms with Gasteiger partial charge in [-0.2, -0.15) is 0 Å². The van der Waals surface area contributed by atoms with E-state index in [-0.39, 0.29) is 17.3 Å². The van der Waals surface area contributed by atoms with Gasteiger partial charge in [-0.05, 0) is 24.5 Å². The number of guanidine groups is 1. The maximum Gasteiger partial charge on any atom is 0.191 e. The largest absolute Gasteiger partial charge is 0.379 e. The number of halogens is 1. The number of ether oxygens (including phenoxy) is 2. The SMILES string of the molecule is CN=C(NCCCOC1CCOC1)NCC(C)(C)c1ccccc1F. The van der Waals surface area contributed by atoms with Gasteiger partial charge in [-0.25, -0.2) is 4.39 Å². The molecule has 0 spiro atoms. The van der Waals surface area contributed by atoms with E-state index in [1.807, 2.05) is 26.0 Å². The second-order valence-corrected chi connectivity index (χ2v) is 6.93. The molecule has 0 amide bonds. The molecular formula is C19H30FN3O2. The highest BCUT2D eigenvalue weighted by molar-refractivity contribution is 5.79. The average Bonchev–Trinajstić information content (AvgIpc) is 3.11. The van der Waals surface area contributed by atoms with Crippen LogP contribution in [0, 0.1) is 5.82 Å². The summed E-state index contributed by atoms with van der Waals surface area (Å²) in [5, 5.41) is 6.55. The molecule has 25 heavy (non-hydrogen) atoms. The Kier molecular flexibility index (Phi) is 7.65. The molecule has 1 aliphatic rings. The van der Waals surface area contributed by atoms with Crippen molar-refractivity contribution in [1.29, 1.82) is 0 Å². The van der Waals surface area contributed by atoms with Crippen LogP contribution in [0.5, 0.6) is 0 Å². The van der Waals surface area contributed by atoms with Gasteiger partial charge in [0.15, 0.2) is 5.96 Å². The molecule has 1 aromatic carbocycles.